The minimum atomic E-state index is -0.220. The van der Waals surface area contributed by atoms with Crippen LogP contribution < -0.4 is 11.0 Å². The lowest BCUT2D eigenvalue weighted by atomic mass is 10.1. The molecule has 0 bridgehead atoms. The second-order valence-corrected chi connectivity index (χ2v) is 6.99. The van der Waals surface area contributed by atoms with E-state index in [4.69, 9.17) is 0 Å². The number of rotatable bonds is 2. The van der Waals surface area contributed by atoms with E-state index in [2.05, 4.69) is 0 Å². The lowest BCUT2D eigenvalue weighted by molar-refractivity contribution is 0.870. The topological polar surface area (TPSA) is 44.0 Å². The molecule has 1 fully saturated rings. The van der Waals surface area contributed by atoms with Gasteiger partial charge in [0.15, 0.2) is 0 Å². The lowest BCUT2D eigenvalue weighted by Gasteiger charge is -2.17. The fraction of sp³-hybridized carbons (Fsp3) is 0.182. The standard InChI is InChI=1S/C22H18N2O2/c1-23-17-10-6-5-9-16(17)21(25)20-19(23)13-18(14-11-12-14)24(22(20)26)15-7-3-2-4-8-15/h2-10,13-14H,11-12H2,1H3. The SMILES string of the molecule is Cn1c2ccccc2c(=O)c2c(=O)n(-c3ccccc3)c(C3CC3)cc21. The Balaban J connectivity index is 2.01. The molecule has 26 heavy (non-hydrogen) atoms. The van der Waals surface area contributed by atoms with Crippen LogP contribution in [-0.4, -0.2) is 9.13 Å². The Morgan fingerprint density at radius 2 is 1.58 bits per heavy atom. The highest BCUT2D eigenvalue weighted by Gasteiger charge is 2.29. The number of hydrogen-bond donors (Lipinski definition) is 0. The Kier molecular flexibility index (Phi) is 3.16. The molecule has 1 aliphatic carbocycles. The minimum absolute atomic E-state index is 0.189. The zero-order valence-corrected chi connectivity index (χ0v) is 14.5. The van der Waals surface area contributed by atoms with Crippen LogP contribution in [0.1, 0.15) is 24.5 Å². The Morgan fingerprint density at radius 1 is 0.885 bits per heavy atom. The first-order valence-electron chi connectivity index (χ1n) is 8.89. The van der Waals surface area contributed by atoms with E-state index in [0.717, 1.165) is 29.7 Å². The van der Waals surface area contributed by atoms with Crippen LogP contribution in [0.15, 0.2) is 70.3 Å². The molecule has 1 saturated carbocycles. The van der Waals surface area contributed by atoms with Gasteiger partial charge >= 0.3 is 0 Å². The molecule has 2 heterocycles. The molecule has 0 atom stereocenters. The van der Waals surface area contributed by atoms with E-state index in [1.165, 1.54) is 0 Å². The molecule has 128 valence electrons. The summed E-state index contributed by atoms with van der Waals surface area (Å²) in [5.74, 6) is 0.383. The zero-order chi connectivity index (χ0) is 17.8. The van der Waals surface area contributed by atoms with Crippen LogP contribution >= 0.6 is 0 Å². The average Bonchev–Trinajstić information content (AvgIpc) is 3.51. The molecule has 0 amide bonds. The van der Waals surface area contributed by atoms with E-state index >= 15 is 0 Å². The Bertz CT molecular complexity index is 1280. The molecule has 0 N–H and O–H groups in total. The smallest absolute Gasteiger partial charge is 0.268 e. The number of aromatic nitrogens is 2. The predicted molar refractivity (Wildman–Crippen MR) is 104 cm³/mol. The van der Waals surface area contributed by atoms with Crippen LogP contribution in [0, 0.1) is 0 Å². The van der Waals surface area contributed by atoms with Crippen molar-refractivity contribution in [3.63, 3.8) is 0 Å². The number of hydrogen-bond acceptors (Lipinski definition) is 2. The number of pyridine rings is 2. The van der Waals surface area contributed by atoms with Gasteiger partial charge in [-0.3, -0.25) is 14.2 Å². The van der Waals surface area contributed by atoms with Crippen molar-refractivity contribution in [2.75, 3.05) is 0 Å². The van der Waals surface area contributed by atoms with Gasteiger partial charge in [-0.05, 0) is 49.1 Å². The van der Waals surface area contributed by atoms with Crippen molar-refractivity contribution >= 4 is 21.8 Å². The number of benzene rings is 2. The van der Waals surface area contributed by atoms with Crippen LogP contribution in [0.2, 0.25) is 0 Å². The number of para-hydroxylation sites is 2. The van der Waals surface area contributed by atoms with Crippen LogP contribution in [0.25, 0.3) is 27.5 Å². The fourth-order valence-corrected chi connectivity index (χ4v) is 3.84. The third-order valence-corrected chi connectivity index (χ3v) is 5.32. The molecular weight excluding hydrogens is 324 g/mol. The maximum Gasteiger partial charge on any atom is 0.268 e. The van der Waals surface area contributed by atoms with Crippen molar-refractivity contribution in [3.05, 3.63) is 86.9 Å². The van der Waals surface area contributed by atoms with Gasteiger partial charge in [-0.25, -0.2) is 0 Å². The third kappa shape index (κ3) is 2.08. The van der Waals surface area contributed by atoms with Gasteiger partial charge in [-0.1, -0.05) is 30.3 Å². The summed E-state index contributed by atoms with van der Waals surface area (Å²) in [6.07, 6.45) is 2.17. The lowest BCUT2D eigenvalue weighted by Crippen LogP contribution is -2.27. The second-order valence-electron chi connectivity index (χ2n) is 6.99. The van der Waals surface area contributed by atoms with Crippen molar-refractivity contribution < 1.29 is 0 Å². The van der Waals surface area contributed by atoms with Gasteiger partial charge in [-0.2, -0.15) is 0 Å². The quantitative estimate of drug-likeness (QED) is 0.521. The maximum atomic E-state index is 13.4. The number of aryl methyl sites for hydroxylation is 1. The molecule has 4 heteroatoms. The molecule has 2 aromatic carbocycles. The zero-order valence-electron chi connectivity index (χ0n) is 14.5. The fourth-order valence-electron chi connectivity index (χ4n) is 3.84. The van der Waals surface area contributed by atoms with Crippen molar-refractivity contribution in [1.82, 2.24) is 9.13 Å². The van der Waals surface area contributed by atoms with Crippen molar-refractivity contribution in [1.29, 1.82) is 0 Å². The Labute approximate surface area is 149 Å². The summed E-state index contributed by atoms with van der Waals surface area (Å²) in [7, 11) is 1.92. The highest BCUT2D eigenvalue weighted by atomic mass is 16.1. The molecule has 0 unspecified atom stereocenters. The van der Waals surface area contributed by atoms with Gasteiger partial charge in [0.2, 0.25) is 5.43 Å². The Morgan fingerprint density at radius 3 is 2.31 bits per heavy atom. The average molecular weight is 342 g/mol. The number of fused-ring (bicyclic) bond motifs is 2. The van der Waals surface area contributed by atoms with Crippen LogP contribution in [0.4, 0.5) is 0 Å². The first kappa shape index (κ1) is 15.1. The second kappa shape index (κ2) is 5.43. The summed E-state index contributed by atoms with van der Waals surface area (Å²) in [5.41, 5.74) is 2.97. The van der Waals surface area contributed by atoms with E-state index in [9.17, 15) is 9.59 Å². The molecule has 0 radical (unpaired) electrons. The summed E-state index contributed by atoms with van der Waals surface area (Å²) in [4.78, 5) is 26.6. The molecular formula is C22H18N2O2. The molecule has 0 aliphatic heterocycles. The summed E-state index contributed by atoms with van der Waals surface area (Å²) >= 11 is 0. The molecule has 5 rings (SSSR count). The van der Waals surface area contributed by atoms with Gasteiger partial charge < -0.3 is 4.57 Å². The normalized spacial score (nSPS) is 14.2. The van der Waals surface area contributed by atoms with E-state index in [0.29, 0.717) is 16.8 Å². The van der Waals surface area contributed by atoms with Gasteiger partial charge in [-0.15, -0.1) is 0 Å². The molecule has 0 saturated heterocycles. The van der Waals surface area contributed by atoms with E-state index in [-0.39, 0.29) is 16.4 Å². The summed E-state index contributed by atoms with van der Waals surface area (Å²) in [6.45, 7) is 0. The highest BCUT2D eigenvalue weighted by molar-refractivity contribution is 5.93. The summed E-state index contributed by atoms with van der Waals surface area (Å²) < 4.78 is 3.70. The van der Waals surface area contributed by atoms with Gasteiger partial charge in [0.1, 0.15) is 5.39 Å². The first-order valence-corrected chi connectivity index (χ1v) is 8.89. The van der Waals surface area contributed by atoms with Crippen LogP contribution in [0.3, 0.4) is 0 Å². The van der Waals surface area contributed by atoms with Crippen LogP contribution in [0.5, 0.6) is 0 Å². The van der Waals surface area contributed by atoms with Gasteiger partial charge in [0.05, 0.1) is 11.0 Å². The monoisotopic (exact) mass is 342 g/mol. The molecule has 2 aromatic heterocycles. The van der Waals surface area contributed by atoms with Crippen molar-refractivity contribution in [2.45, 2.75) is 18.8 Å². The highest BCUT2D eigenvalue weighted by Crippen LogP contribution is 2.41. The molecule has 4 nitrogen and oxygen atoms in total. The number of nitrogens with zero attached hydrogens (tertiary/aromatic N) is 2. The van der Waals surface area contributed by atoms with E-state index < -0.39 is 0 Å². The molecule has 4 aromatic rings. The van der Waals surface area contributed by atoms with Crippen LogP contribution in [-0.2, 0) is 7.05 Å². The first-order chi connectivity index (χ1) is 12.7. The maximum absolute atomic E-state index is 13.4. The predicted octanol–water partition coefficient (Wildman–Crippen LogP) is 3.72. The van der Waals surface area contributed by atoms with Gasteiger partial charge in [0.25, 0.3) is 5.56 Å². The largest absolute Gasteiger partial charge is 0.343 e. The summed E-state index contributed by atoms with van der Waals surface area (Å²) in [5, 5.41) is 0.845. The van der Waals surface area contributed by atoms with Crippen molar-refractivity contribution in [3.8, 4) is 5.69 Å². The van der Waals surface area contributed by atoms with E-state index in [1.54, 1.807) is 10.6 Å². The van der Waals surface area contributed by atoms with Crippen molar-refractivity contribution in [2.24, 2.45) is 7.05 Å². The van der Waals surface area contributed by atoms with Gasteiger partial charge in [0, 0.05) is 23.8 Å². The molecule has 0 spiro atoms. The Hall–Kier alpha value is -3.14. The summed E-state index contributed by atoms with van der Waals surface area (Å²) in [6, 6.07) is 19.1. The minimum Gasteiger partial charge on any atom is -0.343 e. The third-order valence-electron chi connectivity index (χ3n) is 5.32. The van der Waals surface area contributed by atoms with E-state index in [1.807, 2.05) is 66.2 Å². The molecule has 1 aliphatic rings.